The van der Waals surface area contributed by atoms with E-state index in [0.29, 0.717) is 11.5 Å². The number of benzene rings is 2. The van der Waals surface area contributed by atoms with Crippen LogP contribution in [0.3, 0.4) is 0 Å². The second kappa shape index (κ2) is 9.46. The van der Waals surface area contributed by atoms with E-state index in [1.54, 1.807) is 48.5 Å². The predicted molar refractivity (Wildman–Crippen MR) is 107 cm³/mol. The van der Waals surface area contributed by atoms with Gasteiger partial charge in [-0.25, -0.2) is 4.98 Å². The molecule has 11 heteroatoms. The van der Waals surface area contributed by atoms with Crippen LogP contribution >= 0.6 is 15.9 Å². The van der Waals surface area contributed by atoms with Gasteiger partial charge in [0.2, 0.25) is 5.82 Å². The van der Waals surface area contributed by atoms with E-state index in [1.807, 2.05) is 6.07 Å². The highest BCUT2D eigenvalue weighted by atomic mass is 79.9. The number of carbonyl (C=O) groups is 1. The number of hydrazine groups is 1. The average Bonchev–Trinajstić information content (AvgIpc) is 2.73. The molecule has 3 aromatic rings. The van der Waals surface area contributed by atoms with Crippen molar-refractivity contribution >= 4 is 33.3 Å². The zero-order valence-corrected chi connectivity index (χ0v) is 16.3. The van der Waals surface area contributed by atoms with Crippen LogP contribution < -0.4 is 20.3 Å². The molecule has 3 rings (SSSR count). The van der Waals surface area contributed by atoms with Gasteiger partial charge in [0, 0.05) is 4.47 Å². The molecule has 0 saturated carbocycles. The molecule has 0 aliphatic carbocycles. The van der Waals surface area contributed by atoms with Crippen LogP contribution in [-0.4, -0.2) is 27.4 Å². The first-order valence-corrected chi connectivity index (χ1v) is 8.98. The third kappa shape index (κ3) is 5.62. The molecular weight excluding hydrogens is 446 g/mol. The second-order valence-corrected chi connectivity index (χ2v) is 6.38. The van der Waals surface area contributed by atoms with Crippen LogP contribution in [0.2, 0.25) is 0 Å². The minimum atomic E-state index is -0.705. The standard InChI is InChI=1S/C18H14BrN5O5/c19-12-6-8-14(9-7-12)29-18-16(24(26)27)17(20-11-21-18)23-22-15(25)10-28-13-4-2-1-3-5-13/h1-9,11H,10H2,(H,22,25)(H,20,21,23). The fraction of sp³-hybridized carbons (Fsp3) is 0.0556. The van der Waals surface area contributed by atoms with Crippen LogP contribution in [0.1, 0.15) is 0 Å². The largest absolute Gasteiger partial charge is 0.484 e. The molecule has 0 radical (unpaired) electrons. The summed E-state index contributed by atoms with van der Waals surface area (Å²) < 4.78 is 11.6. The van der Waals surface area contributed by atoms with E-state index in [2.05, 4.69) is 36.7 Å². The summed E-state index contributed by atoms with van der Waals surface area (Å²) in [7, 11) is 0. The van der Waals surface area contributed by atoms with Crippen molar-refractivity contribution < 1.29 is 19.2 Å². The lowest BCUT2D eigenvalue weighted by molar-refractivity contribution is -0.385. The molecule has 0 saturated heterocycles. The Labute approximate surface area is 173 Å². The lowest BCUT2D eigenvalue weighted by atomic mass is 10.3. The van der Waals surface area contributed by atoms with Crippen molar-refractivity contribution in [1.29, 1.82) is 0 Å². The van der Waals surface area contributed by atoms with Crippen molar-refractivity contribution in [3.63, 3.8) is 0 Å². The minimum Gasteiger partial charge on any atom is -0.484 e. The van der Waals surface area contributed by atoms with Gasteiger partial charge in [0.15, 0.2) is 6.61 Å². The van der Waals surface area contributed by atoms with E-state index in [1.165, 1.54) is 0 Å². The van der Waals surface area contributed by atoms with Crippen LogP contribution in [0.25, 0.3) is 0 Å². The number of nitrogens with one attached hydrogen (secondary N) is 2. The van der Waals surface area contributed by atoms with Gasteiger partial charge in [-0.1, -0.05) is 34.1 Å². The van der Waals surface area contributed by atoms with E-state index < -0.39 is 16.5 Å². The molecule has 2 N–H and O–H groups in total. The van der Waals surface area contributed by atoms with Gasteiger partial charge in [-0.15, -0.1) is 0 Å². The molecule has 0 unspecified atom stereocenters. The molecule has 148 valence electrons. The highest BCUT2D eigenvalue weighted by Gasteiger charge is 2.25. The number of amides is 1. The molecule has 0 aliphatic rings. The maximum absolute atomic E-state index is 11.9. The van der Waals surface area contributed by atoms with Gasteiger partial charge in [0.1, 0.15) is 17.8 Å². The molecule has 1 heterocycles. The topological polar surface area (TPSA) is 129 Å². The van der Waals surface area contributed by atoms with Gasteiger partial charge in [-0.3, -0.25) is 25.8 Å². The summed E-state index contributed by atoms with van der Waals surface area (Å²) in [5.74, 6) is -0.200. The number of carbonyl (C=O) groups excluding carboxylic acids is 1. The van der Waals surface area contributed by atoms with Crippen LogP contribution in [-0.2, 0) is 4.79 Å². The molecule has 1 aromatic heterocycles. The predicted octanol–water partition coefficient (Wildman–Crippen LogP) is 3.46. The van der Waals surface area contributed by atoms with Gasteiger partial charge >= 0.3 is 11.6 Å². The number of nitrogens with zero attached hydrogens (tertiary/aromatic N) is 3. The van der Waals surface area contributed by atoms with Gasteiger partial charge in [0.25, 0.3) is 5.91 Å². The van der Waals surface area contributed by atoms with E-state index in [4.69, 9.17) is 9.47 Å². The summed E-state index contributed by atoms with van der Waals surface area (Å²) in [5, 5.41) is 11.5. The molecule has 0 aliphatic heterocycles. The minimum absolute atomic E-state index is 0.231. The van der Waals surface area contributed by atoms with Crippen molar-refractivity contribution in [2.24, 2.45) is 0 Å². The Morgan fingerprint density at radius 2 is 1.79 bits per heavy atom. The first-order valence-electron chi connectivity index (χ1n) is 8.18. The quantitative estimate of drug-likeness (QED) is 0.386. The number of para-hydroxylation sites is 1. The van der Waals surface area contributed by atoms with Crippen LogP contribution in [0, 0.1) is 10.1 Å². The third-order valence-electron chi connectivity index (χ3n) is 3.43. The molecular formula is C18H14BrN5O5. The molecule has 2 aromatic carbocycles. The van der Waals surface area contributed by atoms with Crippen LogP contribution in [0.4, 0.5) is 11.5 Å². The first kappa shape index (κ1) is 20.0. The van der Waals surface area contributed by atoms with Gasteiger partial charge in [-0.2, -0.15) is 4.98 Å². The molecule has 0 bridgehead atoms. The second-order valence-electron chi connectivity index (χ2n) is 5.46. The number of ether oxygens (including phenoxy) is 2. The zero-order chi connectivity index (χ0) is 20.6. The Hall–Kier alpha value is -3.73. The van der Waals surface area contributed by atoms with Crippen molar-refractivity contribution in [3.8, 4) is 17.4 Å². The van der Waals surface area contributed by atoms with E-state index in [-0.39, 0.29) is 18.3 Å². The third-order valence-corrected chi connectivity index (χ3v) is 3.96. The first-order chi connectivity index (χ1) is 14.0. The maximum Gasteiger partial charge on any atom is 0.374 e. The van der Waals surface area contributed by atoms with Crippen molar-refractivity contribution in [3.05, 3.63) is 75.5 Å². The lowest BCUT2D eigenvalue weighted by Crippen LogP contribution is -2.34. The summed E-state index contributed by atoms with van der Waals surface area (Å²) in [4.78, 5) is 30.3. The smallest absolute Gasteiger partial charge is 0.374 e. The van der Waals surface area contributed by atoms with Crippen LogP contribution in [0.15, 0.2) is 65.4 Å². The average molecular weight is 460 g/mol. The number of nitro groups is 1. The molecule has 29 heavy (non-hydrogen) atoms. The summed E-state index contributed by atoms with van der Waals surface area (Å²) >= 11 is 3.29. The monoisotopic (exact) mass is 459 g/mol. The van der Waals surface area contributed by atoms with Gasteiger partial charge in [-0.05, 0) is 36.4 Å². The van der Waals surface area contributed by atoms with Crippen molar-refractivity contribution in [1.82, 2.24) is 15.4 Å². The maximum atomic E-state index is 11.9. The normalized spacial score (nSPS) is 10.1. The molecule has 0 atom stereocenters. The zero-order valence-electron chi connectivity index (χ0n) is 14.7. The van der Waals surface area contributed by atoms with Crippen molar-refractivity contribution in [2.45, 2.75) is 0 Å². The Morgan fingerprint density at radius 3 is 2.48 bits per heavy atom. The Balaban J connectivity index is 1.67. The Kier molecular flexibility index (Phi) is 6.53. The van der Waals surface area contributed by atoms with Gasteiger partial charge in [0.05, 0.1) is 4.92 Å². The van der Waals surface area contributed by atoms with E-state index in [0.717, 1.165) is 10.8 Å². The molecule has 0 spiro atoms. The molecule has 10 nitrogen and oxygen atoms in total. The fourth-order valence-electron chi connectivity index (χ4n) is 2.14. The summed E-state index contributed by atoms with van der Waals surface area (Å²) in [5.41, 5.74) is 4.17. The molecule has 0 fully saturated rings. The lowest BCUT2D eigenvalue weighted by Gasteiger charge is -2.11. The van der Waals surface area contributed by atoms with Crippen molar-refractivity contribution in [2.75, 3.05) is 12.0 Å². The SMILES string of the molecule is O=C(COc1ccccc1)NNc1ncnc(Oc2ccc(Br)cc2)c1[N+](=O)[O-]. The number of rotatable bonds is 8. The number of hydrogen-bond acceptors (Lipinski definition) is 8. The highest BCUT2D eigenvalue weighted by Crippen LogP contribution is 2.33. The number of anilines is 1. The summed E-state index contributed by atoms with van der Waals surface area (Å²) in [6, 6.07) is 15.4. The Bertz CT molecular complexity index is 1000. The van der Waals surface area contributed by atoms with Gasteiger partial charge < -0.3 is 9.47 Å². The highest BCUT2D eigenvalue weighted by molar-refractivity contribution is 9.10. The summed E-state index contributed by atoms with van der Waals surface area (Å²) in [6.07, 6.45) is 1.08. The number of halogens is 1. The Morgan fingerprint density at radius 1 is 1.07 bits per heavy atom. The number of hydrogen-bond donors (Lipinski definition) is 2. The number of aromatic nitrogens is 2. The van der Waals surface area contributed by atoms with E-state index >= 15 is 0 Å². The molecule has 1 amide bonds. The summed E-state index contributed by atoms with van der Waals surface area (Å²) in [6.45, 7) is -0.294. The van der Waals surface area contributed by atoms with E-state index in [9.17, 15) is 14.9 Å². The fourth-order valence-corrected chi connectivity index (χ4v) is 2.40. The van der Waals surface area contributed by atoms with Crippen LogP contribution in [0.5, 0.6) is 17.4 Å².